The largest absolute Gasteiger partial charge is 0.436 e. The number of benzene rings is 1. The molecule has 1 N–H and O–H groups in total. The lowest BCUT2D eigenvalue weighted by molar-refractivity contribution is -0.142. The van der Waals surface area contributed by atoms with Crippen molar-refractivity contribution in [3.63, 3.8) is 0 Å². The van der Waals surface area contributed by atoms with Crippen LogP contribution < -0.4 is 10.1 Å². The molecule has 1 aromatic carbocycles. The normalized spacial score (nSPS) is 11.1. The number of alkyl halides is 3. The van der Waals surface area contributed by atoms with Crippen LogP contribution in [0.2, 0.25) is 0 Å². The van der Waals surface area contributed by atoms with Crippen molar-refractivity contribution in [1.82, 2.24) is 5.16 Å². The van der Waals surface area contributed by atoms with Gasteiger partial charge in [-0.2, -0.15) is 13.2 Å². The third-order valence-electron chi connectivity index (χ3n) is 1.98. The van der Waals surface area contributed by atoms with Gasteiger partial charge in [0.25, 0.3) is 0 Å². The van der Waals surface area contributed by atoms with Gasteiger partial charge < -0.3 is 9.26 Å². The van der Waals surface area contributed by atoms with E-state index >= 15 is 0 Å². The topological polar surface area (TPSA) is 64.4 Å². The van der Waals surface area contributed by atoms with Gasteiger partial charge in [0.05, 0.1) is 0 Å². The molecule has 0 aliphatic carbocycles. The molecule has 0 bridgehead atoms. The Hall–Kier alpha value is -2.51. The fraction of sp³-hybridized carbons (Fsp3) is 0.0909. The number of amides is 1. The number of nitrogens with one attached hydrogen (secondary N) is 1. The maximum absolute atomic E-state index is 12.2. The van der Waals surface area contributed by atoms with E-state index in [1.165, 1.54) is 12.1 Å². The van der Waals surface area contributed by atoms with E-state index < -0.39 is 23.8 Å². The van der Waals surface area contributed by atoms with Crippen LogP contribution in [0.5, 0.6) is 5.75 Å². The highest BCUT2D eigenvalue weighted by Gasteiger charge is 2.35. The van der Waals surface area contributed by atoms with Gasteiger partial charge in [0, 0.05) is 6.07 Å². The number of nitrogens with zero attached hydrogens (tertiary/aromatic N) is 1. The predicted molar refractivity (Wildman–Crippen MR) is 57.6 cm³/mol. The second-order valence-corrected chi connectivity index (χ2v) is 3.40. The van der Waals surface area contributed by atoms with Crippen LogP contribution in [0.15, 0.2) is 40.9 Å². The molecule has 0 spiro atoms. The van der Waals surface area contributed by atoms with Gasteiger partial charge >= 0.3 is 12.3 Å². The van der Waals surface area contributed by atoms with E-state index in [1.807, 2.05) is 5.32 Å². The van der Waals surface area contributed by atoms with Crippen molar-refractivity contribution in [3.8, 4) is 5.75 Å². The third-order valence-corrected chi connectivity index (χ3v) is 1.98. The fourth-order valence-electron chi connectivity index (χ4n) is 1.19. The van der Waals surface area contributed by atoms with Crippen molar-refractivity contribution in [2.75, 3.05) is 5.32 Å². The smallest absolute Gasteiger partial charge is 0.410 e. The highest BCUT2D eigenvalue weighted by molar-refractivity contribution is 5.84. The molecule has 5 nitrogen and oxygen atoms in total. The predicted octanol–water partition coefficient (Wildman–Crippen LogP) is 3.30. The first-order valence-electron chi connectivity index (χ1n) is 5.03. The number of ether oxygens (including phenoxy) is 1. The SMILES string of the molecule is O=C(Nc1cc(C(F)(F)F)no1)Oc1ccccc1. The summed E-state index contributed by atoms with van der Waals surface area (Å²) in [5.41, 5.74) is -1.23. The van der Waals surface area contributed by atoms with Crippen molar-refractivity contribution in [2.24, 2.45) is 0 Å². The van der Waals surface area contributed by atoms with Crippen molar-refractivity contribution < 1.29 is 27.2 Å². The van der Waals surface area contributed by atoms with Gasteiger partial charge in [-0.3, -0.25) is 5.32 Å². The number of anilines is 1. The Morgan fingerprint density at radius 1 is 1.26 bits per heavy atom. The lowest BCUT2D eigenvalue weighted by Crippen LogP contribution is -2.16. The summed E-state index contributed by atoms with van der Waals surface area (Å²) in [4.78, 5) is 11.3. The second kappa shape index (κ2) is 5.01. The van der Waals surface area contributed by atoms with Gasteiger partial charge in [-0.15, -0.1) is 0 Å². The molecule has 0 atom stereocenters. The van der Waals surface area contributed by atoms with E-state index in [0.717, 1.165) is 0 Å². The van der Waals surface area contributed by atoms with E-state index in [9.17, 15) is 18.0 Å². The summed E-state index contributed by atoms with van der Waals surface area (Å²) in [5, 5.41) is 4.77. The second-order valence-electron chi connectivity index (χ2n) is 3.40. The molecule has 0 unspecified atom stereocenters. The standard InChI is InChI=1S/C11H7F3N2O3/c12-11(13,14)8-6-9(19-16-8)15-10(17)18-7-4-2-1-3-5-7/h1-6H,(H,15,17). The monoisotopic (exact) mass is 272 g/mol. The molecule has 1 aromatic heterocycles. The number of hydrogen-bond donors (Lipinski definition) is 1. The number of rotatable bonds is 2. The van der Waals surface area contributed by atoms with Crippen LogP contribution in [-0.2, 0) is 6.18 Å². The quantitative estimate of drug-likeness (QED) is 0.910. The highest BCUT2D eigenvalue weighted by atomic mass is 19.4. The van der Waals surface area contributed by atoms with Crippen LogP contribution in [0.4, 0.5) is 23.8 Å². The van der Waals surface area contributed by atoms with Gasteiger partial charge in [0.1, 0.15) is 5.75 Å². The Morgan fingerprint density at radius 2 is 1.95 bits per heavy atom. The Balaban J connectivity index is 1.98. The van der Waals surface area contributed by atoms with Crippen molar-refractivity contribution in [1.29, 1.82) is 0 Å². The molecule has 100 valence electrons. The molecule has 1 amide bonds. The fourth-order valence-corrected chi connectivity index (χ4v) is 1.19. The summed E-state index contributed by atoms with van der Waals surface area (Å²) in [5.74, 6) is -0.205. The number of para-hydroxylation sites is 1. The average molecular weight is 272 g/mol. The summed E-state index contributed by atoms with van der Waals surface area (Å²) in [7, 11) is 0. The zero-order valence-electron chi connectivity index (χ0n) is 9.27. The minimum atomic E-state index is -4.63. The third kappa shape index (κ3) is 3.47. The maximum Gasteiger partial charge on any atom is 0.436 e. The van der Waals surface area contributed by atoms with Gasteiger partial charge in [-0.25, -0.2) is 4.79 Å². The molecule has 2 rings (SSSR count). The van der Waals surface area contributed by atoms with Crippen molar-refractivity contribution in [3.05, 3.63) is 42.1 Å². The van der Waals surface area contributed by atoms with E-state index in [2.05, 4.69) is 9.68 Å². The molecule has 2 aromatic rings. The lowest BCUT2D eigenvalue weighted by atomic mass is 10.3. The summed E-state index contributed by atoms with van der Waals surface area (Å²) in [6.45, 7) is 0. The molecule has 0 aliphatic heterocycles. The van der Waals surface area contributed by atoms with Crippen LogP contribution >= 0.6 is 0 Å². The van der Waals surface area contributed by atoms with Crippen LogP contribution in [0.1, 0.15) is 5.69 Å². The van der Waals surface area contributed by atoms with Gasteiger partial charge in [0.2, 0.25) is 5.88 Å². The van der Waals surface area contributed by atoms with Crippen molar-refractivity contribution >= 4 is 12.0 Å². The van der Waals surface area contributed by atoms with Crippen LogP contribution in [-0.4, -0.2) is 11.2 Å². The van der Waals surface area contributed by atoms with Gasteiger partial charge in [0.15, 0.2) is 5.69 Å². The number of carbonyl (C=O) groups excluding carboxylic acids is 1. The Labute approximate surface area is 105 Å². The molecule has 1 heterocycles. The van der Waals surface area contributed by atoms with Crippen LogP contribution in [0.25, 0.3) is 0 Å². The Morgan fingerprint density at radius 3 is 2.53 bits per heavy atom. The molecule has 19 heavy (non-hydrogen) atoms. The number of aromatic nitrogens is 1. The van der Waals surface area contributed by atoms with Gasteiger partial charge in [-0.1, -0.05) is 23.4 Å². The van der Waals surface area contributed by atoms with E-state index in [-0.39, 0.29) is 5.75 Å². The highest BCUT2D eigenvalue weighted by Crippen LogP contribution is 2.29. The number of halogens is 3. The first-order valence-corrected chi connectivity index (χ1v) is 5.03. The molecule has 0 saturated heterocycles. The summed E-state index contributed by atoms with van der Waals surface area (Å²) in [6.07, 6.45) is -5.61. The molecule has 0 fully saturated rings. The zero-order valence-corrected chi connectivity index (χ0v) is 9.27. The maximum atomic E-state index is 12.2. The summed E-state index contributed by atoms with van der Waals surface area (Å²) >= 11 is 0. The molecular weight excluding hydrogens is 265 g/mol. The van der Waals surface area contributed by atoms with Crippen LogP contribution in [0, 0.1) is 0 Å². The lowest BCUT2D eigenvalue weighted by Gasteiger charge is -2.02. The molecule has 8 heteroatoms. The minimum absolute atomic E-state index is 0.246. The Bertz CT molecular complexity index is 566. The van der Waals surface area contributed by atoms with E-state index in [1.54, 1.807) is 18.2 Å². The first-order chi connectivity index (χ1) is 8.95. The summed E-state index contributed by atoms with van der Waals surface area (Å²) in [6, 6.07) is 8.59. The number of carbonyl (C=O) groups is 1. The molecule has 0 saturated carbocycles. The van der Waals surface area contributed by atoms with Gasteiger partial charge in [-0.05, 0) is 12.1 Å². The molecule has 0 radical (unpaired) electrons. The number of hydrogen-bond acceptors (Lipinski definition) is 4. The zero-order chi connectivity index (χ0) is 13.9. The Kier molecular flexibility index (Phi) is 3.41. The first kappa shape index (κ1) is 12.9. The summed E-state index contributed by atoms with van der Waals surface area (Å²) < 4.78 is 45.8. The van der Waals surface area contributed by atoms with E-state index in [0.29, 0.717) is 6.07 Å². The van der Waals surface area contributed by atoms with E-state index in [4.69, 9.17) is 4.74 Å². The minimum Gasteiger partial charge on any atom is -0.410 e. The molecular formula is C11H7F3N2O3. The average Bonchev–Trinajstić information content (AvgIpc) is 2.78. The van der Waals surface area contributed by atoms with Crippen LogP contribution in [0.3, 0.4) is 0 Å². The molecule has 0 aliphatic rings. The van der Waals surface area contributed by atoms with Crippen molar-refractivity contribution in [2.45, 2.75) is 6.18 Å².